The molecule has 0 spiro atoms. The molecule has 0 radical (unpaired) electrons. The maximum Gasteiger partial charge on any atom is 0.225 e. The Bertz CT molecular complexity index is 513. The van der Waals surface area contributed by atoms with E-state index in [1.807, 2.05) is 29.6 Å². The van der Waals surface area contributed by atoms with E-state index in [1.54, 1.807) is 23.1 Å². The van der Waals surface area contributed by atoms with Crippen molar-refractivity contribution in [3.05, 3.63) is 41.1 Å². The summed E-state index contributed by atoms with van der Waals surface area (Å²) in [6.07, 6.45) is 0.332. The third-order valence-corrected chi connectivity index (χ3v) is 4.29. The van der Waals surface area contributed by atoms with Gasteiger partial charge >= 0.3 is 0 Å². The molecular formula is C13H12ClNOS2. The largest absolute Gasteiger partial charge is 0.325 e. The minimum absolute atomic E-state index is 0.0524. The quantitative estimate of drug-likeness (QED) is 0.825. The van der Waals surface area contributed by atoms with Gasteiger partial charge in [-0.25, -0.2) is 0 Å². The van der Waals surface area contributed by atoms with Crippen molar-refractivity contribution in [3.63, 3.8) is 0 Å². The Labute approximate surface area is 119 Å². The number of carbonyl (C=O) groups is 1. The molecule has 1 aromatic carbocycles. The SMILES string of the molecule is O=C(CCCl)Nc1ccccc1Sc1ccsc1. The maximum absolute atomic E-state index is 11.6. The number of hydrogen-bond donors (Lipinski definition) is 1. The first kappa shape index (κ1) is 13.5. The molecule has 1 N–H and O–H groups in total. The maximum atomic E-state index is 11.6. The Morgan fingerprint density at radius 3 is 2.89 bits per heavy atom. The van der Waals surface area contributed by atoms with Crippen molar-refractivity contribution in [3.8, 4) is 0 Å². The summed E-state index contributed by atoms with van der Waals surface area (Å²) in [7, 11) is 0. The summed E-state index contributed by atoms with van der Waals surface area (Å²) in [5, 5.41) is 7.01. The predicted octanol–water partition coefficient (Wildman–Crippen LogP) is 4.47. The highest BCUT2D eigenvalue weighted by Crippen LogP contribution is 2.34. The molecule has 0 atom stereocenters. The summed E-state index contributed by atoms with van der Waals surface area (Å²) in [5.74, 6) is 0.287. The van der Waals surface area contributed by atoms with Crippen LogP contribution in [0.15, 0.2) is 50.9 Å². The summed E-state index contributed by atoms with van der Waals surface area (Å²) >= 11 is 8.86. The van der Waals surface area contributed by atoms with Crippen LogP contribution >= 0.6 is 34.7 Å². The van der Waals surface area contributed by atoms with Crippen molar-refractivity contribution in [2.45, 2.75) is 16.2 Å². The van der Waals surface area contributed by atoms with E-state index in [9.17, 15) is 4.79 Å². The van der Waals surface area contributed by atoms with Crippen molar-refractivity contribution >= 4 is 46.3 Å². The van der Waals surface area contributed by atoms with Gasteiger partial charge in [-0.1, -0.05) is 23.9 Å². The number of amides is 1. The standard InChI is InChI=1S/C13H12ClNOS2/c14-7-5-13(16)15-11-3-1-2-4-12(11)18-10-6-8-17-9-10/h1-4,6,8-9H,5,7H2,(H,15,16). The van der Waals surface area contributed by atoms with Gasteiger partial charge in [0.15, 0.2) is 0 Å². The lowest BCUT2D eigenvalue weighted by Crippen LogP contribution is -2.12. The zero-order valence-corrected chi connectivity index (χ0v) is 11.9. The summed E-state index contributed by atoms with van der Waals surface area (Å²) in [6, 6.07) is 9.84. The molecule has 0 aliphatic rings. The fraction of sp³-hybridized carbons (Fsp3) is 0.154. The molecule has 2 nitrogen and oxygen atoms in total. The number of thiophene rings is 1. The van der Waals surface area contributed by atoms with Gasteiger partial charge in [-0.15, -0.1) is 11.6 Å². The van der Waals surface area contributed by atoms with Crippen molar-refractivity contribution in [2.75, 3.05) is 11.2 Å². The van der Waals surface area contributed by atoms with Gasteiger partial charge in [-0.2, -0.15) is 11.3 Å². The zero-order chi connectivity index (χ0) is 12.8. The first-order chi connectivity index (χ1) is 8.79. The third-order valence-electron chi connectivity index (χ3n) is 2.21. The van der Waals surface area contributed by atoms with Crippen LogP contribution in [0.4, 0.5) is 5.69 Å². The molecule has 94 valence electrons. The second kappa shape index (κ2) is 6.83. The molecule has 0 saturated heterocycles. The van der Waals surface area contributed by atoms with Gasteiger partial charge in [0.2, 0.25) is 5.91 Å². The molecule has 2 rings (SSSR count). The molecule has 18 heavy (non-hydrogen) atoms. The van der Waals surface area contributed by atoms with Crippen LogP contribution in [0.25, 0.3) is 0 Å². The lowest BCUT2D eigenvalue weighted by molar-refractivity contribution is -0.115. The Morgan fingerprint density at radius 1 is 1.33 bits per heavy atom. The Hall–Kier alpha value is -0.970. The van der Waals surface area contributed by atoms with Crippen LogP contribution in [0, 0.1) is 0 Å². The fourth-order valence-corrected chi connectivity index (χ4v) is 3.29. The van der Waals surface area contributed by atoms with E-state index < -0.39 is 0 Å². The lowest BCUT2D eigenvalue weighted by atomic mass is 10.3. The molecule has 0 aliphatic carbocycles. The van der Waals surface area contributed by atoms with Gasteiger partial charge in [0.1, 0.15) is 0 Å². The van der Waals surface area contributed by atoms with Gasteiger partial charge in [0.25, 0.3) is 0 Å². The Balaban J connectivity index is 2.12. The van der Waals surface area contributed by atoms with Crippen LogP contribution in [-0.4, -0.2) is 11.8 Å². The van der Waals surface area contributed by atoms with Gasteiger partial charge in [0, 0.05) is 27.5 Å². The zero-order valence-electron chi connectivity index (χ0n) is 9.56. The molecule has 5 heteroatoms. The first-order valence-electron chi connectivity index (χ1n) is 5.44. The van der Waals surface area contributed by atoms with Crippen molar-refractivity contribution in [2.24, 2.45) is 0 Å². The van der Waals surface area contributed by atoms with Crippen molar-refractivity contribution in [1.29, 1.82) is 0 Å². The van der Waals surface area contributed by atoms with E-state index in [2.05, 4.69) is 16.8 Å². The molecule has 0 aliphatic heterocycles. The highest BCUT2D eigenvalue weighted by Gasteiger charge is 2.07. The number of anilines is 1. The average Bonchev–Trinajstić information content (AvgIpc) is 2.85. The fourth-order valence-electron chi connectivity index (χ4n) is 1.39. The molecule has 1 amide bonds. The highest BCUT2D eigenvalue weighted by molar-refractivity contribution is 7.99. The van der Waals surface area contributed by atoms with Crippen molar-refractivity contribution < 1.29 is 4.79 Å². The van der Waals surface area contributed by atoms with Gasteiger partial charge < -0.3 is 5.32 Å². The van der Waals surface area contributed by atoms with Crippen LogP contribution in [0.5, 0.6) is 0 Å². The molecular weight excluding hydrogens is 286 g/mol. The molecule has 0 saturated carbocycles. The lowest BCUT2D eigenvalue weighted by Gasteiger charge is -2.09. The van der Waals surface area contributed by atoms with Crippen LogP contribution in [0.2, 0.25) is 0 Å². The topological polar surface area (TPSA) is 29.1 Å². The van der Waals surface area contributed by atoms with E-state index in [1.165, 1.54) is 4.90 Å². The minimum Gasteiger partial charge on any atom is -0.325 e. The first-order valence-corrected chi connectivity index (χ1v) is 7.74. The van der Waals surface area contributed by atoms with Gasteiger partial charge in [-0.3, -0.25) is 4.79 Å². The van der Waals surface area contributed by atoms with E-state index in [4.69, 9.17) is 11.6 Å². The second-order valence-corrected chi connectivity index (χ2v) is 5.82. The summed E-state index contributed by atoms with van der Waals surface area (Å²) in [4.78, 5) is 13.8. The number of nitrogens with one attached hydrogen (secondary N) is 1. The van der Waals surface area contributed by atoms with Crippen LogP contribution in [0.3, 0.4) is 0 Å². The number of carbonyl (C=O) groups excluding carboxylic acids is 1. The van der Waals surface area contributed by atoms with Crippen molar-refractivity contribution in [1.82, 2.24) is 0 Å². The second-order valence-electron chi connectivity index (χ2n) is 3.54. The van der Waals surface area contributed by atoms with Gasteiger partial charge in [0.05, 0.1) is 5.69 Å². The molecule has 1 aromatic heterocycles. The Morgan fingerprint density at radius 2 is 2.17 bits per heavy atom. The summed E-state index contributed by atoms with van der Waals surface area (Å²) in [6.45, 7) is 0. The van der Waals surface area contributed by atoms with E-state index >= 15 is 0 Å². The normalized spacial score (nSPS) is 10.3. The average molecular weight is 298 g/mol. The highest BCUT2D eigenvalue weighted by atomic mass is 35.5. The number of rotatable bonds is 5. The van der Waals surface area contributed by atoms with Crippen LogP contribution in [0.1, 0.15) is 6.42 Å². The van der Waals surface area contributed by atoms with Gasteiger partial charge in [-0.05, 0) is 23.6 Å². The monoisotopic (exact) mass is 297 g/mol. The molecule has 0 unspecified atom stereocenters. The van der Waals surface area contributed by atoms with Crippen LogP contribution < -0.4 is 5.32 Å². The molecule has 0 fully saturated rings. The van der Waals surface area contributed by atoms with E-state index in [-0.39, 0.29) is 5.91 Å². The number of halogens is 1. The third kappa shape index (κ3) is 3.77. The summed E-state index contributed by atoms with van der Waals surface area (Å²) < 4.78 is 0. The van der Waals surface area contributed by atoms with E-state index in [0.717, 1.165) is 10.6 Å². The number of para-hydroxylation sites is 1. The van der Waals surface area contributed by atoms with Crippen LogP contribution in [-0.2, 0) is 4.79 Å². The minimum atomic E-state index is -0.0524. The van der Waals surface area contributed by atoms with E-state index in [0.29, 0.717) is 12.3 Å². The number of benzene rings is 1. The summed E-state index contributed by atoms with van der Waals surface area (Å²) in [5.41, 5.74) is 0.837. The number of alkyl halides is 1. The number of hydrogen-bond acceptors (Lipinski definition) is 3. The smallest absolute Gasteiger partial charge is 0.225 e. The molecule has 2 aromatic rings. The predicted molar refractivity (Wildman–Crippen MR) is 78.9 cm³/mol. The molecule has 0 bridgehead atoms. The Kier molecular flexibility index (Phi) is 5.11. The molecule has 1 heterocycles.